The highest BCUT2D eigenvalue weighted by Gasteiger charge is 2.51. The van der Waals surface area contributed by atoms with Crippen LogP contribution in [0.3, 0.4) is 0 Å². The number of rotatable bonds is 13. The molecular weight excluding hydrogens is 917 g/mol. The van der Waals surface area contributed by atoms with Crippen molar-refractivity contribution in [2.75, 3.05) is 53.0 Å². The van der Waals surface area contributed by atoms with Crippen molar-refractivity contribution in [3.8, 4) is 34.3 Å². The minimum absolute atomic E-state index is 0.0646. The predicted molar refractivity (Wildman–Crippen MR) is 256 cm³/mol. The number of phenols is 3. The number of esters is 1. The number of carbonyl (C=O) groups is 6. The first-order valence-corrected chi connectivity index (χ1v) is 23.3. The van der Waals surface area contributed by atoms with Crippen LogP contribution in [-0.2, 0) is 41.6 Å². The lowest BCUT2D eigenvalue weighted by Gasteiger charge is -2.36. The van der Waals surface area contributed by atoms with Crippen LogP contribution in [0.25, 0.3) is 33.7 Å². The van der Waals surface area contributed by atoms with Gasteiger partial charge >= 0.3 is 12.1 Å². The molecule has 1 unspecified atom stereocenters. The zero-order chi connectivity index (χ0) is 50.9. The molecule has 0 radical (unpaired) electrons. The van der Waals surface area contributed by atoms with Gasteiger partial charge in [0, 0.05) is 85.7 Å². The number of aromatic hydroxyl groups is 3. The zero-order valence-electron chi connectivity index (χ0n) is 40.1. The van der Waals surface area contributed by atoms with E-state index >= 15 is 0 Å². The Kier molecular flexibility index (Phi) is 13.8. The van der Waals surface area contributed by atoms with E-state index in [1.54, 1.807) is 73.4 Å². The molecule has 3 aliphatic heterocycles. The van der Waals surface area contributed by atoms with E-state index in [4.69, 9.17) is 19.2 Å². The number of phenolic OH excluding ortho intramolecular Hbond substituents is 3. The first kappa shape index (κ1) is 49.1. The standard InChI is InChI=1S/C51H54N8O12/c1-7-33-35-20-32(61)14-15-39(35)53-44-37(33)24-56(6)40(44)22-38-30(25-60)26-69-49(67)51(38,8-2)71-50(68)70-27-43(64)57-16-18-58(19-17-57)48(66)29-10-12-31(13-11-29)59-45(54-55-46(59)47(65)52-9-3)36-21-34(28(4)5)41(62)23-42(36)63/h10-15,20-23,25,28,61-63H,7-9,16-19,24,26-27H2,1-6H3,(H,52,65)/b40-22-. The molecule has 1 atom stereocenters. The topological polar surface area (TPSA) is 256 Å². The van der Waals surface area contributed by atoms with Crippen molar-refractivity contribution >= 4 is 52.7 Å². The third-order valence-corrected chi connectivity index (χ3v) is 13.1. The third kappa shape index (κ3) is 9.19. The fourth-order valence-corrected chi connectivity index (χ4v) is 9.28. The molecule has 3 aliphatic rings. The van der Waals surface area contributed by atoms with Crippen molar-refractivity contribution in [2.45, 2.75) is 65.5 Å². The lowest BCUT2D eigenvalue weighted by atomic mass is 9.84. The second-order valence-corrected chi connectivity index (χ2v) is 17.7. The Hall–Kier alpha value is -8.29. The molecule has 20 heteroatoms. The van der Waals surface area contributed by atoms with Crippen LogP contribution < -0.4 is 5.32 Å². The van der Waals surface area contributed by atoms with Gasteiger partial charge in [-0.25, -0.2) is 14.6 Å². The summed E-state index contributed by atoms with van der Waals surface area (Å²) in [5, 5.41) is 43.5. The summed E-state index contributed by atoms with van der Waals surface area (Å²) in [6.07, 6.45) is 1.31. The van der Waals surface area contributed by atoms with Gasteiger partial charge in [0.05, 0.1) is 22.5 Å². The molecule has 3 amide bonds. The monoisotopic (exact) mass is 970 g/mol. The number of aldehydes is 1. The summed E-state index contributed by atoms with van der Waals surface area (Å²) in [5.74, 6) is -2.62. The number of aryl methyl sites for hydroxylation is 1. The van der Waals surface area contributed by atoms with Crippen molar-refractivity contribution in [1.82, 2.24) is 39.8 Å². The van der Waals surface area contributed by atoms with Crippen molar-refractivity contribution in [2.24, 2.45) is 0 Å². The number of amides is 3. The van der Waals surface area contributed by atoms with Crippen LogP contribution in [0.4, 0.5) is 4.79 Å². The fourth-order valence-electron chi connectivity index (χ4n) is 9.28. The number of nitrogens with one attached hydrogen (secondary N) is 1. The molecule has 2 aromatic heterocycles. The van der Waals surface area contributed by atoms with Crippen molar-refractivity contribution < 1.29 is 58.3 Å². The number of nitrogens with zero attached hydrogens (tertiary/aromatic N) is 7. The maximum absolute atomic E-state index is 13.7. The van der Waals surface area contributed by atoms with Gasteiger partial charge in [0.25, 0.3) is 17.7 Å². The van der Waals surface area contributed by atoms with E-state index < -0.39 is 36.1 Å². The maximum atomic E-state index is 13.7. The van der Waals surface area contributed by atoms with Gasteiger partial charge in [-0.3, -0.25) is 23.7 Å². The van der Waals surface area contributed by atoms with E-state index in [0.29, 0.717) is 59.5 Å². The number of benzene rings is 3. The maximum Gasteiger partial charge on any atom is 0.510 e. The highest BCUT2D eigenvalue weighted by atomic mass is 16.7. The normalized spacial score (nSPS) is 17.4. The van der Waals surface area contributed by atoms with Crippen LogP contribution in [0.15, 0.2) is 71.8 Å². The Bertz CT molecular complexity index is 3040. The number of pyridine rings is 1. The summed E-state index contributed by atoms with van der Waals surface area (Å²) in [6.45, 7) is 9.30. The second kappa shape index (κ2) is 20.0. The van der Waals surface area contributed by atoms with E-state index in [9.17, 15) is 44.1 Å². The van der Waals surface area contributed by atoms with Crippen molar-refractivity contribution in [1.29, 1.82) is 0 Å². The first-order chi connectivity index (χ1) is 34.0. The van der Waals surface area contributed by atoms with Crippen LogP contribution >= 0.6 is 0 Å². The molecule has 4 N–H and O–H groups in total. The lowest BCUT2D eigenvalue weighted by molar-refractivity contribution is -0.165. The second-order valence-electron chi connectivity index (χ2n) is 17.7. The predicted octanol–water partition coefficient (Wildman–Crippen LogP) is 5.16. The van der Waals surface area contributed by atoms with Crippen LogP contribution in [0.5, 0.6) is 17.2 Å². The average molecular weight is 971 g/mol. The molecule has 5 aromatic rings. The van der Waals surface area contributed by atoms with Gasteiger partial charge in [-0.15, -0.1) is 10.2 Å². The molecule has 5 heterocycles. The van der Waals surface area contributed by atoms with Gasteiger partial charge < -0.3 is 49.5 Å². The summed E-state index contributed by atoms with van der Waals surface area (Å²) in [4.78, 5) is 89.7. The van der Waals surface area contributed by atoms with Crippen LogP contribution in [0, 0.1) is 0 Å². The Labute approximate surface area is 408 Å². The largest absolute Gasteiger partial charge is 0.510 e. The van der Waals surface area contributed by atoms with E-state index in [2.05, 4.69) is 15.5 Å². The number of cyclic esters (lactones) is 1. The highest BCUT2D eigenvalue weighted by molar-refractivity contribution is 5.97. The molecule has 1 saturated heterocycles. The van der Waals surface area contributed by atoms with E-state index in [1.807, 2.05) is 32.7 Å². The van der Waals surface area contributed by atoms with Gasteiger partial charge in [0.1, 0.15) is 30.1 Å². The Morgan fingerprint density at radius 2 is 1.65 bits per heavy atom. The lowest BCUT2D eigenvalue weighted by Crippen LogP contribution is -2.52. The average Bonchev–Trinajstić information content (AvgIpc) is 3.94. The van der Waals surface area contributed by atoms with Crippen LogP contribution in [-0.4, -0.2) is 144 Å². The minimum Gasteiger partial charge on any atom is -0.508 e. The van der Waals surface area contributed by atoms with Gasteiger partial charge in [0.2, 0.25) is 11.4 Å². The molecule has 0 aliphatic carbocycles. The molecule has 1 fully saturated rings. The van der Waals surface area contributed by atoms with Gasteiger partial charge in [-0.1, -0.05) is 27.7 Å². The first-order valence-electron chi connectivity index (χ1n) is 23.3. The van der Waals surface area contributed by atoms with E-state index in [1.165, 1.54) is 15.5 Å². The third-order valence-electron chi connectivity index (χ3n) is 13.1. The number of hydrogen-bond donors (Lipinski definition) is 4. The SMILES string of the molecule is CCNC(=O)c1nnc(-c2cc(C(C)C)c(O)cc2O)n1-c1ccc(C(=O)N2CCN(C(=O)COC(=O)OC3(CC)C(=O)OCC(C=O)=C3/C=C3/c4nc5ccc(O)cc5c(CC)c4CN3C)CC2)cc1. The molecule has 0 bridgehead atoms. The molecule has 20 nitrogen and oxygen atoms in total. The Morgan fingerprint density at radius 1 is 0.930 bits per heavy atom. The molecule has 71 heavy (non-hydrogen) atoms. The number of piperazine rings is 1. The smallest absolute Gasteiger partial charge is 0.508 e. The molecule has 0 saturated carbocycles. The summed E-state index contributed by atoms with van der Waals surface area (Å²) in [7, 11) is 1.83. The number of hydrogen-bond acceptors (Lipinski definition) is 16. The van der Waals surface area contributed by atoms with Gasteiger partial charge in [-0.05, 0) is 91.4 Å². The summed E-state index contributed by atoms with van der Waals surface area (Å²) in [5.41, 5.74) is 3.28. The van der Waals surface area contributed by atoms with E-state index in [-0.39, 0.29) is 96.6 Å². The van der Waals surface area contributed by atoms with E-state index in [0.717, 1.165) is 16.5 Å². The Morgan fingerprint density at radius 3 is 2.31 bits per heavy atom. The summed E-state index contributed by atoms with van der Waals surface area (Å²) < 4.78 is 17.9. The highest BCUT2D eigenvalue weighted by Crippen LogP contribution is 2.42. The van der Waals surface area contributed by atoms with Crippen molar-refractivity contribution in [3.05, 3.63) is 106 Å². The zero-order valence-corrected chi connectivity index (χ0v) is 40.1. The molecule has 0 spiro atoms. The number of fused-ring (bicyclic) bond motifs is 2. The fraction of sp³-hybridized carbons (Fsp3) is 0.353. The van der Waals surface area contributed by atoms with Gasteiger partial charge in [-0.2, -0.15) is 0 Å². The molecular formula is C51H54N8O12. The molecule has 370 valence electrons. The van der Waals surface area contributed by atoms with Crippen LogP contribution in [0.1, 0.15) is 90.3 Å². The van der Waals surface area contributed by atoms with Crippen LogP contribution in [0.2, 0.25) is 0 Å². The minimum atomic E-state index is -2.11. The molecule has 3 aromatic carbocycles. The quantitative estimate of drug-likeness (QED) is 0.0878. The summed E-state index contributed by atoms with van der Waals surface area (Å²) >= 11 is 0. The van der Waals surface area contributed by atoms with Crippen molar-refractivity contribution in [3.63, 3.8) is 0 Å². The molecule has 8 rings (SSSR count). The number of carbonyl (C=O) groups excluding carboxylic acids is 6. The number of aromatic nitrogens is 4. The number of ether oxygens (including phenoxy) is 3. The Balaban J connectivity index is 0.932. The summed E-state index contributed by atoms with van der Waals surface area (Å²) in [6, 6.07) is 14.1. The van der Waals surface area contributed by atoms with Gasteiger partial charge in [0.15, 0.2) is 12.4 Å².